The fourth-order valence-electron chi connectivity index (χ4n) is 3.32. The van der Waals surface area contributed by atoms with Crippen molar-refractivity contribution in [3.8, 4) is 0 Å². The minimum Gasteiger partial charge on any atom is -0.322 e. The van der Waals surface area contributed by atoms with Crippen molar-refractivity contribution in [3.05, 3.63) is 86.6 Å². The second-order valence-electron chi connectivity index (χ2n) is 7.86. The third-order valence-corrected chi connectivity index (χ3v) is 6.13. The standard InChI is InChI=1S/C23H11BrClF10N3O2/c24-15-9-11(20(26,22(30,31)32)23(33,34)35)8-14(21(27,28)29)16(15)38-18(39)10-3-1-4-12(7-10)37-19(40)13-5-2-6-36-17(13)25/h1-9H,(H,37,40)(H,38,39). The zero-order chi connectivity index (χ0) is 30.3. The molecule has 17 heteroatoms. The molecule has 0 radical (unpaired) electrons. The Hall–Kier alpha value is -3.40. The highest BCUT2D eigenvalue weighted by Crippen LogP contribution is 2.55. The van der Waals surface area contributed by atoms with E-state index in [0.717, 1.165) is 12.1 Å². The lowest BCUT2D eigenvalue weighted by Crippen LogP contribution is -2.50. The lowest BCUT2D eigenvalue weighted by Gasteiger charge is -2.31. The van der Waals surface area contributed by atoms with Gasteiger partial charge in [0.2, 0.25) is 0 Å². The number of aromatic nitrogens is 1. The number of benzene rings is 2. The molecule has 0 aliphatic heterocycles. The van der Waals surface area contributed by atoms with Gasteiger partial charge in [-0.1, -0.05) is 17.7 Å². The fourth-order valence-corrected chi connectivity index (χ4v) is 4.09. The second-order valence-corrected chi connectivity index (χ2v) is 9.08. The quantitative estimate of drug-likeness (QED) is 0.213. The van der Waals surface area contributed by atoms with Crippen LogP contribution >= 0.6 is 27.5 Å². The van der Waals surface area contributed by atoms with Crippen molar-refractivity contribution >= 4 is 50.7 Å². The monoisotopic (exact) mass is 665 g/mol. The van der Waals surface area contributed by atoms with Crippen LogP contribution in [0.1, 0.15) is 31.8 Å². The summed E-state index contributed by atoms with van der Waals surface area (Å²) in [6.45, 7) is 0. The van der Waals surface area contributed by atoms with Crippen molar-refractivity contribution in [1.82, 2.24) is 4.98 Å². The SMILES string of the molecule is O=C(Nc1c(Br)cc(C(F)(C(F)(F)F)C(F)(F)F)cc1C(F)(F)F)c1cccc(NC(=O)c2cccnc2Cl)c1. The van der Waals surface area contributed by atoms with Crippen LogP contribution < -0.4 is 10.6 Å². The number of anilines is 2. The highest BCUT2D eigenvalue weighted by atomic mass is 79.9. The summed E-state index contributed by atoms with van der Waals surface area (Å²) in [5, 5.41) is 3.96. The summed E-state index contributed by atoms with van der Waals surface area (Å²) in [6, 6.07) is 6.47. The van der Waals surface area contributed by atoms with E-state index in [1.165, 1.54) is 30.5 Å². The summed E-state index contributed by atoms with van der Waals surface area (Å²) in [6.07, 6.45) is -17.7. The van der Waals surface area contributed by atoms with Crippen LogP contribution in [-0.2, 0) is 11.8 Å². The van der Waals surface area contributed by atoms with E-state index in [2.05, 4.69) is 26.2 Å². The van der Waals surface area contributed by atoms with Crippen LogP contribution in [0.3, 0.4) is 0 Å². The molecular formula is C23H11BrClF10N3O2. The first-order valence-electron chi connectivity index (χ1n) is 10.3. The van der Waals surface area contributed by atoms with Crippen molar-refractivity contribution in [2.75, 3.05) is 10.6 Å². The van der Waals surface area contributed by atoms with Gasteiger partial charge >= 0.3 is 24.2 Å². The molecule has 0 saturated heterocycles. The summed E-state index contributed by atoms with van der Waals surface area (Å²) in [5.41, 5.74) is -12.5. The van der Waals surface area contributed by atoms with E-state index in [1.54, 1.807) is 5.32 Å². The molecule has 40 heavy (non-hydrogen) atoms. The molecule has 1 aromatic heterocycles. The second kappa shape index (κ2) is 10.9. The van der Waals surface area contributed by atoms with Gasteiger partial charge in [-0.3, -0.25) is 9.59 Å². The molecular weight excluding hydrogens is 656 g/mol. The number of rotatable bonds is 5. The fraction of sp³-hybridized carbons (Fsp3) is 0.174. The molecule has 0 bridgehead atoms. The van der Waals surface area contributed by atoms with Gasteiger partial charge in [-0.05, 0) is 58.4 Å². The normalized spacial score (nSPS) is 12.7. The molecule has 0 fully saturated rings. The number of hydrogen-bond donors (Lipinski definition) is 2. The summed E-state index contributed by atoms with van der Waals surface area (Å²) in [7, 11) is 0. The average Bonchev–Trinajstić information content (AvgIpc) is 2.82. The number of amides is 2. The number of carbonyl (C=O) groups is 2. The molecule has 3 rings (SSSR count). The smallest absolute Gasteiger partial charge is 0.322 e. The van der Waals surface area contributed by atoms with Gasteiger partial charge in [0.1, 0.15) is 5.15 Å². The van der Waals surface area contributed by atoms with Crippen molar-refractivity contribution < 1.29 is 53.5 Å². The number of halogens is 12. The summed E-state index contributed by atoms with van der Waals surface area (Å²) in [4.78, 5) is 28.8. The predicted molar refractivity (Wildman–Crippen MR) is 126 cm³/mol. The van der Waals surface area contributed by atoms with Crippen molar-refractivity contribution in [2.24, 2.45) is 0 Å². The molecule has 2 aromatic carbocycles. The Balaban J connectivity index is 2.00. The van der Waals surface area contributed by atoms with E-state index < -0.39 is 63.4 Å². The van der Waals surface area contributed by atoms with Gasteiger partial charge in [-0.2, -0.15) is 39.5 Å². The van der Waals surface area contributed by atoms with E-state index in [4.69, 9.17) is 11.6 Å². The maximum absolute atomic E-state index is 14.5. The van der Waals surface area contributed by atoms with Gasteiger partial charge in [-0.25, -0.2) is 9.37 Å². The average molecular weight is 667 g/mol. The van der Waals surface area contributed by atoms with Crippen LogP contribution in [-0.4, -0.2) is 29.2 Å². The third-order valence-electron chi connectivity index (χ3n) is 5.20. The Morgan fingerprint density at radius 2 is 1.43 bits per heavy atom. The van der Waals surface area contributed by atoms with Gasteiger partial charge in [0.05, 0.1) is 16.8 Å². The van der Waals surface area contributed by atoms with Crippen LogP contribution in [0.15, 0.2) is 59.2 Å². The molecule has 2 amide bonds. The van der Waals surface area contributed by atoms with Crippen LogP contribution in [0.25, 0.3) is 0 Å². The Morgan fingerprint density at radius 1 is 0.800 bits per heavy atom. The summed E-state index contributed by atoms with van der Waals surface area (Å²) in [5.74, 6) is -2.08. The van der Waals surface area contributed by atoms with Crippen LogP contribution in [0.5, 0.6) is 0 Å². The van der Waals surface area contributed by atoms with Crippen LogP contribution in [0, 0.1) is 0 Å². The molecule has 0 unspecified atom stereocenters. The first-order chi connectivity index (χ1) is 18.3. The van der Waals surface area contributed by atoms with Gasteiger partial charge in [0.15, 0.2) is 0 Å². The molecule has 0 atom stereocenters. The van der Waals surface area contributed by atoms with Crippen molar-refractivity contribution in [3.63, 3.8) is 0 Å². The number of carbonyl (C=O) groups excluding carboxylic acids is 2. The number of pyridine rings is 1. The lowest BCUT2D eigenvalue weighted by atomic mass is 9.92. The first kappa shape index (κ1) is 31.1. The van der Waals surface area contributed by atoms with E-state index in [-0.39, 0.29) is 28.0 Å². The van der Waals surface area contributed by atoms with Crippen LogP contribution in [0.4, 0.5) is 55.3 Å². The van der Waals surface area contributed by atoms with Crippen molar-refractivity contribution in [2.45, 2.75) is 24.2 Å². The lowest BCUT2D eigenvalue weighted by molar-refractivity contribution is -0.348. The molecule has 1 heterocycles. The highest BCUT2D eigenvalue weighted by Gasteiger charge is 2.73. The topological polar surface area (TPSA) is 71.1 Å². The van der Waals surface area contributed by atoms with Crippen molar-refractivity contribution in [1.29, 1.82) is 0 Å². The number of nitrogens with one attached hydrogen (secondary N) is 2. The minimum atomic E-state index is -6.68. The zero-order valence-electron chi connectivity index (χ0n) is 19.0. The molecule has 0 aliphatic rings. The Morgan fingerprint density at radius 3 is 1.98 bits per heavy atom. The predicted octanol–water partition coefficient (Wildman–Crippen LogP) is 8.31. The molecule has 0 aliphatic carbocycles. The largest absolute Gasteiger partial charge is 0.435 e. The molecule has 2 N–H and O–H groups in total. The highest BCUT2D eigenvalue weighted by molar-refractivity contribution is 9.10. The molecule has 0 saturated carbocycles. The minimum absolute atomic E-state index is 0.0411. The molecule has 5 nitrogen and oxygen atoms in total. The Bertz CT molecular complexity index is 1440. The molecule has 0 spiro atoms. The van der Waals surface area contributed by atoms with E-state index in [0.29, 0.717) is 0 Å². The molecule has 3 aromatic rings. The van der Waals surface area contributed by atoms with Gasteiger partial charge in [0.25, 0.3) is 11.8 Å². The number of alkyl halides is 10. The molecule has 214 valence electrons. The van der Waals surface area contributed by atoms with Gasteiger partial charge in [-0.15, -0.1) is 0 Å². The number of hydrogen-bond acceptors (Lipinski definition) is 3. The van der Waals surface area contributed by atoms with E-state index >= 15 is 0 Å². The maximum atomic E-state index is 14.5. The van der Waals surface area contributed by atoms with Gasteiger partial charge in [0, 0.05) is 27.5 Å². The zero-order valence-corrected chi connectivity index (χ0v) is 21.3. The Labute approximate surface area is 230 Å². The number of nitrogens with zero attached hydrogens (tertiary/aromatic N) is 1. The van der Waals surface area contributed by atoms with E-state index in [1.807, 2.05) is 0 Å². The Kier molecular flexibility index (Phi) is 8.46. The van der Waals surface area contributed by atoms with Crippen LogP contribution in [0.2, 0.25) is 5.15 Å². The summed E-state index contributed by atoms with van der Waals surface area (Å²) < 4.78 is 133. The third kappa shape index (κ3) is 6.16. The first-order valence-corrected chi connectivity index (χ1v) is 11.5. The van der Waals surface area contributed by atoms with E-state index in [9.17, 15) is 53.5 Å². The maximum Gasteiger partial charge on any atom is 0.435 e. The van der Waals surface area contributed by atoms with Gasteiger partial charge < -0.3 is 10.6 Å². The summed E-state index contributed by atoms with van der Waals surface area (Å²) >= 11 is 8.24.